The maximum Gasteiger partial charge on any atom is 0.146 e. The topological polar surface area (TPSA) is 63.8 Å². The molecule has 1 atom stereocenters. The van der Waals surface area contributed by atoms with Gasteiger partial charge in [-0.15, -0.1) is 0 Å². The molecule has 2 fully saturated rings. The Bertz CT molecular complexity index is 1050. The number of likely N-dealkylation sites (tertiary alicyclic amines) is 2. The van der Waals surface area contributed by atoms with Gasteiger partial charge in [-0.05, 0) is 63.3 Å². The van der Waals surface area contributed by atoms with Crippen molar-refractivity contribution in [2.75, 3.05) is 46.4 Å². The number of piperidine rings is 1. The van der Waals surface area contributed by atoms with Gasteiger partial charge in [0, 0.05) is 36.0 Å². The minimum absolute atomic E-state index is 0.340. The van der Waals surface area contributed by atoms with Gasteiger partial charge in [-0.3, -0.25) is 5.32 Å². The van der Waals surface area contributed by atoms with Gasteiger partial charge in [-0.1, -0.05) is 37.1 Å². The van der Waals surface area contributed by atoms with Gasteiger partial charge in [-0.2, -0.15) is 0 Å². The normalized spacial score (nSPS) is 20.3. The Morgan fingerprint density at radius 1 is 0.939 bits per heavy atom. The maximum absolute atomic E-state index is 10.9. The van der Waals surface area contributed by atoms with Gasteiger partial charge in [0.1, 0.15) is 12.0 Å². The molecule has 0 radical (unpaired) electrons. The van der Waals surface area contributed by atoms with E-state index in [4.69, 9.17) is 4.74 Å². The minimum atomic E-state index is -0.698. The van der Waals surface area contributed by atoms with E-state index in [1.54, 1.807) is 7.11 Å². The molecule has 2 aliphatic rings. The van der Waals surface area contributed by atoms with Crippen LogP contribution in [0.5, 0.6) is 5.75 Å². The lowest BCUT2D eigenvalue weighted by molar-refractivity contribution is 0.0931. The summed E-state index contributed by atoms with van der Waals surface area (Å²) in [6, 6.07) is 12.7. The Balaban J connectivity index is 1.17. The summed E-state index contributed by atoms with van der Waals surface area (Å²) in [4.78, 5) is 8.66. The van der Waals surface area contributed by atoms with Crippen molar-refractivity contribution in [2.24, 2.45) is 0 Å². The maximum atomic E-state index is 10.9. The van der Waals surface area contributed by atoms with Gasteiger partial charge < -0.3 is 24.6 Å². The molecule has 0 amide bonds. The van der Waals surface area contributed by atoms with Crippen molar-refractivity contribution in [3.8, 4) is 5.75 Å². The van der Waals surface area contributed by atoms with Crippen LogP contribution in [0.2, 0.25) is 0 Å². The predicted octanol–water partition coefficient (Wildman–Crippen LogP) is 4.25. The van der Waals surface area contributed by atoms with E-state index < -0.39 is 6.23 Å². The van der Waals surface area contributed by atoms with E-state index in [0.29, 0.717) is 6.04 Å². The molecule has 5 rings (SSSR count). The fraction of sp³-hybridized carbons (Fsp3) is 0.556. The Labute approximate surface area is 196 Å². The van der Waals surface area contributed by atoms with Crippen molar-refractivity contribution in [3.05, 3.63) is 42.1 Å². The minimum Gasteiger partial charge on any atom is -0.496 e. The van der Waals surface area contributed by atoms with E-state index >= 15 is 0 Å². The van der Waals surface area contributed by atoms with Crippen molar-refractivity contribution in [3.63, 3.8) is 0 Å². The molecule has 178 valence electrons. The number of aromatic nitrogens is 1. The highest BCUT2D eigenvalue weighted by Crippen LogP contribution is 2.34. The lowest BCUT2D eigenvalue weighted by Gasteiger charge is -2.34. The Kier molecular flexibility index (Phi) is 7.16. The number of aromatic amines is 1. The van der Waals surface area contributed by atoms with E-state index in [0.717, 1.165) is 59.0 Å². The van der Waals surface area contributed by atoms with Gasteiger partial charge >= 0.3 is 0 Å². The van der Waals surface area contributed by atoms with Crippen LogP contribution < -0.4 is 10.1 Å². The summed E-state index contributed by atoms with van der Waals surface area (Å²) in [6.07, 6.45) is 6.98. The molecule has 33 heavy (non-hydrogen) atoms. The number of methoxy groups -OCH3 is 1. The second-order valence-corrected chi connectivity index (χ2v) is 9.75. The number of hydrogen-bond acceptors (Lipinski definition) is 5. The van der Waals surface area contributed by atoms with Crippen molar-refractivity contribution < 1.29 is 9.84 Å². The van der Waals surface area contributed by atoms with Crippen LogP contribution in [-0.4, -0.2) is 72.3 Å². The molecule has 3 aromatic rings. The van der Waals surface area contributed by atoms with E-state index in [9.17, 15) is 5.11 Å². The molecule has 1 aromatic heterocycles. The molecule has 3 N–H and O–H groups in total. The van der Waals surface area contributed by atoms with Crippen molar-refractivity contribution in [2.45, 2.75) is 50.8 Å². The van der Waals surface area contributed by atoms with Crippen LogP contribution in [-0.2, 0) is 0 Å². The summed E-state index contributed by atoms with van der Waals surface area (Å²) in [5.41, 5.74) is 1.80. The number of nitrogens with one attached hydrogen (secondary N) is 2. The average Bonchev–Trinajstić information content (AvgIpc) is 3.12. The summed E-state index contributed by atoms with van der Waals surface area (Å²) in [5.74, 6) is 0.849. The second-order valence-electron chi connectivity index (χ2n) is 9.75. The van der Waals surface area contributed by atoms with Gasteiger partial charge in [0.05, 0.1) is 18.3 Å². The Morgan fingerprint density at radius 2 is 1.61 bits per heavy atom. The molecule has 6 nitrogen and oxygen atoms in total. The standard InChI is InChI=1S/C27H38N4O2/c1-33-26-19-24-23(21-8-4-5-9-22(21)26)18-25(29-24)27(32)28-20-10-14-31(15-11-20)17-16-30-12-6-2-3-7-13-30/h4-5,8-9,18-20,27-29,32H,2-3,6-7,10-17H2,1H3. The zero-order chi connectivity index (χ0) is 22.6. The van der Waals surface area contributed by atoms with Gasteiger partial charge in [0.25, 0.3) is 0 Å². The summed E-state index contributed by atoms with van der Waals surface area (Å²) in [7, 11) is 1.70. The fourth-order valence-electron chi connectivity index (χ4n) is 5.57. The predicted molar refractivity (Wildman–Crippen MR) is 135 cm³/mol. The number of fused-ring (bicyclic) bond motifs is 3. The molecule has 1 unspecified atom stereocenters. The zero-order valence-electron chi connectivity index (χ0n) is 19.9. The Hall–Kier alpha value is -2.12. The largest absolute Gasteiger partial charge is 0.496 e. The number of nitrogens with zero attached hydrogens (tertiary/aromatic N) is 2. The molecule has 2 aliphatic heterocycles. The molecule has 2 saturated heterocycles. The quantitative estimate of drug-likeness (QED) is 0.470. The molecule has 0 bridgehead atoms. The number of benzene rings is 2. The number of rotatable bonds is 7. The highest BCUT2D eigenvalue weighted by atomic mass is 16.5. The van der Waals surface area contributed by atoms with E-state index in [2.05, 4.69) is 38.3 Å². The lowest BCUT2D eigenvalue weighted by atomic mass is 10.0. The van der Waals surface area contributed by atoms with Gasteiger partial charge in [0.2, 0.25) is 0 Å². The number of H-pyrrole nitrogens is 1. The van der Waals surface area contributed by atoms with Crippen LogP contribution in [0.1, 0.15) is 50.4 Å². The third-order valence-electron chi connectivity index (χ3n) is 7.55. The monoisotopic (exact) mass is 450 g/mol. The molecule has 0 spiro atoms. The average molecular weight is 451 g/mol. The van der Waals surface area contributed by atoms with Crippen LogP contribution in [0.3, 0.4) is 0 Å². The first-order valence-corrected chi connectivity index (χ1v) is 12.7. The third-order valence-corrected chi connectivity index (χ3v) is 7.55. The summed E-state index contributed by atoms with van der Waals surface area (Å²) in [5, 5.41) is 17.8. The number of aliphatic hydroxyl groups excluding tert-OH is 1. The van der Waals surface area contributed by atoms with Crippen molar-refractivity contribution in [1.82, 2.24) is 20.1 Å². The molecule has 3 heterocycles. The lowest BCUT2D eigenvalue weighted by Crippen LogP contribution is -2.45. The smallest absolute Gasteiger partial charge is 0.146 e. The summed E-state index contributed by atoms with van der Waals surface area (Å²) < 4.78 is 5.60. The SMILES string of the molecule is COc1cc2[nH]c(C(O)NC3CCN(CCN4CCCCCC4)CC3)cc2c2ccccc12. The van der Waals surface area contributed by atoms with E-state index in [-0.39, 0.29) is 0 Å². The van der Waals surface area contributed by atoms with Crippen molar-refractivity contribution in [1.29, 1.82) is 0 Å². The number of ether oxygens (including phenoxy) is 1. The van der Waals surface area contributed by atoms with Crippen molar-refractivity contribution >= 4 is 21.7 Å². The molecular formula is C27H38N4O2. The van der Waals surface area contributed by atoms with Gasteiger partial charge in [-0.25, -0.2) is 0 Å². The number of hydrogen-bond donors (Lipinski definition) is 3. The fourth-order valence-corrected chi connectivity index (χ4v) is 5.57. The molecular weight excluding hydrogens is 412 g/mol. The van der Waals surface area contributed by atoms with Gasteiger partial charge in [0.15, 0.2) is 0 Å². The second kappa shape index (κ2) is 10.4. The van der Waals surface area contributed by atoms with Crippen LogP contribution in [0, 0.1) is 0 Å². The van der Waals surface area contributed by atoms with Crippen LogP contribution >= 0.6 is 0 Å². The Morgan fingerprint density at radius 3 is 2.30 bits per heavy atom. The van der Waals surface area contributed by atoms with E-state index in [1.165, 1.54) is 51.9 Å². The zero-order valence-corrected chi connectivity index (χ0v) is 19.9. The van der Waals surface area contributed by atoms with Crippen LogP contribution in [0.25, 0.3) is 21.7 Å². The molecule has 2 aromatic carbocycles. The molecule has 0 saturated carbocycles. The first kappa shape index (κ1) is 22.7. The van der Waals surface area contributed by atoms with Crippen LogP contribution in [0.4, 0.5) is 0 Å². The number of aliphatic hydroxyl groups is 1. The first-order valence-electron chi connectivity index (χ1n) is 12.7. The highest BCUT2D eigenvalue weighted by Gasteiger charge is 2.23. The third kappa shape index (κ3) is 5.19. The van der Waals surface area contributed by atoms with Crippen LogP contribution in [0.15, 0.2) is 36.4 Å². The summed E-state index contributed by atoms with van der Waals surface area (Å²) in [6.45, 7) is 7.13. The van der Waals surface area contributed by atoms with E-state index in [1.807, 2.05) is 18.2 Å². The summed E-state index contributed by atoms with van der Waals surface area (Å²) >= 11 is 0. The molecule has 6 heteroatoms. The highest BCUT2D eigenvalue weighted by molar-refractivity contribution is 6.09. The first-order chi connectivity index (χ1) is 16.2. The molecule has 0 aliphatic carbocycles.